The number of hydrogen-bond donors (Lipinski definition) is 1. The Morgan fingerprint density at radius 3 is 2.79 bits per heavy atom. The van der Waals surface area contributed by atoms with Crippen molar-refractivity contribution in [3.05, 3.63) is 71.3 Å². The Balaban J connectivity index is 1.36. The molecule has 2 heterocycles. The molecule has 1 aromatic heterocycles. The van der Waals surface area contributed by atoms with E-state index >= 15 is 0 Å². The van der Waals surface area contributed by atoms with E-state index in [1.807, 2.05) is 54.1 Å². The molecule has 34 heavy (non-hydrogen) atoms. The molecule has 2 aromatic carbocycles. The van der Waals surface area contributed by atoms with Crippen LogP contribution in [0.25, 0.3) is 0 Å². The summed E-state index contributed by atoms with van der Waals surface area (Å²) in [5.74, 6) is 2.03. The Bertz CT molecular complexity index is 1080. The minimum absolute atomic E-state index is 0.206. The normalized spacial score (nSPS) is 18.6. The highest BCUT2D eigenvalue weighted by Gasteiger charge is 2.34. The van der Waals surface area contributed by atoms with Crippen LogP contribution in [0.1, 0.15) is 24.0 Å². The van der Waals surface area contributed by atoms with Crippen LogP contribution in [-0.4, -0.2) is 58.6 Å². The lowest BCUT2D eigenvalue weighted by atomic mass is 9.93. The maximum Gasteiger partial charge on any atom is 0.161 e. The first-order valence-electron chi connectivity index (χ1n) is 11.5. The van der Waals surface area contributed by atoms with E-state index < -0.39 is 5.60 Å². The molecule has 0 saturated carbocycles. The first-order valence-corrected chi connectivity index (χ1v) is 11.9. The highest BCUT2D eigenvalue weighted by atomic mass is 35.5. The summed E-state index contributed by atoms with van der Waals surface area (Å²) in [6, 6.07) is 11.7. The predicted octanol–water partition coefficient (Wildman–Crippen LogP) is 4.34. The number of methoxy groups -OCH3 is 1. The number of halogens is 1. The summed E-state index contributed by atoms with van der Waals surface area (Å²) in [5, 5.41) is 11.8. The molecule has 1 aliphatic rings. The molecule has 182 valence electrons. The summed E-state index contributed by atoms with van der Waals surface area (Å²) in [4.78, 5) is 6.30. The Labute approximate surface area is 205 Å². The fraction of sp³-hybridized carbons (Fsp3) is 0.423. The van der Waals surface area contributed by atoms with Crippen LogP contribution >= 0.6 is 11.6 Å². The number of likely N-dealkylation sites (tertiary alicyclic amines) is 1. The lowest BCUT2D eigenvalue weighted by Gasteiger charge is -2.39. The Hall–Kier alpha value is -2.74. The van der Waals surface area contributed by atoms with Gasteiger partial charge in [0.1, 0.15) is 24.6 Å². The van der Waals surface area contributed by atoms with E-state index in [0.717, 1.165) is 24.1 Å². The van der Waals surface area contributed by atoms with Crippen LogP contribution in [0.4, 0.5) is 0 Å². The third-order valence-electron chi connectivity index (χ3n) is 6.02. The maximum absolute atomic E-state index is 11.2. The van der Waals surface area contributed by atoms with Gasteiger partial charge in [0.05, 0.1) is 25.0 Å². The summed E-state index contributed by atoms with van der Waals surface area (Å²) >= 11 is 6.26. The lowest BCUT2D eigenvalue weighted by Crippen LogP contribution is -2.51. The van der Waals surface area contributed by atoms with Crippen LogP contribution in [0.15, 0.2) is 55.1 Å². The molecular weight excluding hydrogens is 454 g/mol. The highest BCUT2D eigenvalue weighted by molar-refractivity contribution is 6.32. The number of piperidine rings is 1. The van der Waals surface area contributed by atoms with E-state index in [1.165, 1.54) is 0 Å². The van der Waals surface area contributed by atoms with E-state index in [9.17, 15) is 5.11 Å². The van der Waals surface area contributed by atoms with Gasteiger partial charge in [-0.05, 0) is 61.7 Å². The van der Waals surface area contributed by atoms with Gasteiger partial charge >= 0.3 is 0 Å². The number of hydrogen-bond acceptors (Lipinski definition) is 6. The van der Waals surface area contributed by atoms with Crippen molar-refractivity contribution in [1.29, 1.82) is 0 Å². The standard InChI is InChI=1S/C26H32ClN3O4/c1-20-4-6-22(27)24(14-20)34-18-26(31)8-3-10-30(17-26)16-21-5-7-23(32-2)25(15-21)33-13-12-29-11-9-28-19-29/h4-7,9,11,14-15,19,31H,3,8,10,12-13,16-18H2,1-2H3. The first kappa shape index (κ1) is 24.4. The molecule has 1 N–H and O–H groups in total. The van der Waals surface area contributed by atoms with Gasteiger partial charge in [-0.25, -0.2) is 4.98 Å². The number of imidazole rings is 1. The van der Waals surface area contributed by atoms with Crippen molar-refractivity contribution >= 4 is 11.6 Å². The third kappa shape index (κ3) is 6.44. The monoisotopic (exact) mass is 485 g/mol. The second-order valence-electron chi connectivity index (χ2n) is 8.90. The van der Waals surface area contributed by atoms with Gasteiger partial charge in [0.2, 0.25) is 0 Å². The summed E-state index contributed by atoms with van der Waals surface area (Å²) < 4.78 is 19.4. The highest BCUT2D eigenvalue weighted by Crippen LogP contribution is 2.31. The van der Waals surface area contributed by atoms with Crippen molar-refractivity contribution in [2.75, 3.05) is 33.4 Å². The zero-order chi connectivity index (χ0) is 24.0. The second kappa shape index (κ2) is 11.1. The summed E-state index contributed by atoms with van der Waals surface area (Å²) in [5.41, 5.74) is 1.24. The van der Waals surface area contributed by atoms with Gasteiger partial charge in [0, 0.05) is 25.5 Å². The van der Waals surface area contributed by atoms with Gasteiger partial charge in [0.15, 0.2) is 11.5 Å². The molecule has 0 bridgehead atoms. The van der Waals surface area contributed by atoms with E-state index in [2.05, 4.69) is 9.88 Å². The molecule has 1 atom stereocenters. The SMILES string of the molecule is COc1ccc(CN2CCCC(O)(COc3cc(C)ccc3Cl)C2)cc1OCCn1ccnc1. The van der Waals surface area contributed by atoms with Crippen LogP contribution < -0.4 is 14.2 Å². The largest absolute Gasteiger partial charge is 0.493 e. The molecule has 0 radical (unpaired) electrons. The number of ether oxygens (including phenoxy) is 3. The van der Waals surface area contributed by atoms with Crippen LogP contribution in [0.2, 0.25) is 5.02 Å². The van der Waals surface area contributed by atoms with E-state index in [1.54, 1.807) is 19.6 Å². The quantitative estimate of drug-likeness (QED) is 0.460. The van der Waals surface area contributed by atoms with E-state index in [0.29, 0.717) is 54.9 Å². The van der Waals surface area contributed by atoms with Crippen LogP contribution in [0.5, 0.6) is 17.2 Å². The molecule has 1 unspecified atom stereocenters. The molecular formula is C26H32ClN3O4. The molecule has 8 heteroatoms. The van der Waals surface area contributed by atoms with Gasteiger partial charge in [-0.3, -0.25) is 4.90 Å². The molecule has 0 amide bonds. The predicted molar refractivity (Wildman–Crippen MR) is 132 cm³/mol. The van der Waals surface area contributed by atoms with Crippen LogP contribution in [0, 0.1) is 6.92 Å². The Morgan fingerprint density at radius 2 is 2.00 bits per heavy atom. The molecule has 0 spiro atoms. The van der Waals surface area contributed by atoms with Crippen LogP contribution in [0.3, 0.4) is 0 Å². The Morgan fingerprint density at radius 1 is 1.12 bits per heavy atom. The van der Waals surface area contributed by atoms with Crippen molar-refractivity contribution in [3.8, 4) is 17.2 Å². The average molecular weight is 486 g/mol. The maximum atomic E-state index is 11.2. The number of benzene rings is 2. The van der Waals surface area contributed by atoms with Crippen molar-refractivity contribution in [2.24, 2.45) is 0 Å². The fourth-order valence-corrected chi connectivity index (χ4v) is 4.43. The minimum atomic E-state index is -0.929. The van der Waals surface area contributed by atoms with Crippen molar-refractivity contribution in [2.45, 2.75) is 38.5 Å². The number of aliphatic hydroxyl groups is 1. The average Bonchev–Trinajstić information content (AvgIpc) is 3.34. The van der Waals surface area contributed by atoms with E-state index in [4.69, 9.17) is 25.8 Å². The summed E-state index contributed by atoms with van der Waals surface area (Å²) in [6.07, 6.45) is 7.02. The van der Waals surface area contributed by atoms with Gasteiger partial charge in [0.25, 0.3) is 0 Å². The van der Waals surface area contributed by atoms with Gasteiger partial charge < -0.3 is 23.9 Å². The smallest absolute Gasteiger partial charge is 0.161 e. The van der Waals surface area contributed by atoms with Crippen molar-refractivity contribution < 1.29 is 19.3 Å². The topological polar surface area (TPSA) is 69.0 Å². The van der Waals surface area contributed by atoms with Crippen LogP contribution in [-0.2, 0) is 13.1 Å². The van der Waals surface area contributed by atoms with Gasteiger partial charge in [-0.1, -0.05) is 23.7 Å². The number of aromatic nitrogens is 2. The molecule has 1 saturated heterocycles. The number of rotatable bonds is 10. The minimum Gasteiger partial charge on any atom is -0.493 e. The first-order chi connectivity index (χ1) is 16.4. The van der Waals surface area contributed by atoms with Crippen molar-refractivity contribution in [3.63, 3.8) is 0 Å². The summed E-state index contributed by atoms with van der Waals surface area (Å²) in [6.45, 7) is 5.56. The molecule has 3 aromatic rings. The number of β-amino-alcohol motifs (C(OH)–C–C–N with tert-alkyl or cyclic N) is 1. The number of aryl methyl sites for hydroxylation is 1. The molecule has 0 aliphatic carbocycles. The van der Waals surface area contributed by atoms with Crippen molar-refractivity contribution in [1.82, 2.24) is 14.5 Å². The van der Waals surface area contributed by atoms with Gasteiger partial charge in [-0.15, -0.1) is 0 Å². The summed E-state index contributed by atoms with van der Waals surface area (Å²) in [7, 11) is 1.64. The zero-order valence-electron chi connectivity index (χ0n) is 19.7. The van der Waals surface area contributed by atoms with E-state index in [-0.39, 0.29) is 6.61 Å². The molecule has 7 nitrogen and oxygen atoms in total. The fourth-order valence-electron chi connectivity index (χ4n) is 4.26. The third-order valence-corrected chi connectivity index (χ3v) is 6.33. The lowest BCUT2D eigenvalue weighted by molar-refractivity contribution is -0.0621. The molecule has 1 aliphatic heterocycles. The number of nitrogens with zero attached hydrogens (tertiary/aromatic N) is 3. The van der Waals surface area contributed by atoms with Gasteiger partial charge in [-0.2, -0.15) is 0 Å². The second-order valence-corrected chi connectivity index (χ2v) is 9.30. The zero-order valence-corrected chi connectivity index (χ0v) is 20.5. The Kier molecular flexibility index (Phi) is 7.98. The molecule has 1 fully saturated rings. The molecule has 4 rings (SSSR count).